The van der Waals surface area contributed by atoms with Crippen molar-refractivity contribution in [3.05, 3.63) is 33.2 Å². The number of thioether (sulfide) groups is 1. The van der Waals surface area contributed by atoms with Gasteiger partial charge in [0.1, 0.15) is 0 Å². The Kier molecular flexibility index (Phi) is 6.33. The minimum Gasteiger partial charge on any atom is -0.462 e. The number of hydrogen-bond acceptors (Lipinski definition) is 4. The van der Waals surface area contributed by atoms with Crippen molar-refractivity contribution in [3.63, 3.8) is 0 Å². The second kappa shape index (κ2) is 7.53. The van der Waals surface area contributed by atoms with Gasteiger partial charge in [-0.2, -0.15) is 11.8 Å². The Hall–Kier alpha value is -1.23. The molecule has 1 atom stereocenters. The van der Waals surface area contributed by atoms with Crippen LogP contribution >= 0.6 is 11.8 Å². The molecule has 0 saturated heterocycles. The predicted molar refractivity (Wildman–Crippen MR) is 83.8 cm³/mol. The SMILES string of the molecule is CCOC(=O)c1c(C)cc(=O)n(C(C)CSCC)c1C. The maximum atomic E-state index is 12.2. The van der Waals surface area contributed by atoms with Gasteiger partial charge in [0.25, 0.3) is 5.56 Å². The first-order valence-electron chi connectivity index (χ1n) is 6.91. The molecule has 0 amide bonds. The maximum Gasteiger partial charge on any atom is 0.340 e. The topological polar surface area (TPSA) is 48.3 Å². The number of aromatic nitrogens is 1. The van der Waals surface area contributed by atoms with E-state index in [1.807, 2.05) is 13.8 Å². The summed E-state index contributed by atoms with van der Waals surface area (Å²) in [5.74, 6) is 1.50. The third-order valence-electron chi connectivity index (χ3n) is 3.18. The molecule has 0 aromatic carbocycles. The molecule has 0 bridgehead atoms. The van der Waals surface area contributed by atoms with Crippen molar-refractivity contribution in [2.24, 2.45) is 0 Å². The van der Waals surface area contributed by atoms with Crippen LogP contribution < -0.4 is 5.56 Å². The Labute approximate surface area is 124 Å². The molecule has 1 unspecified atom stereocenters. The monoisotopic (exact) mass is 297 g/mol. The first-order valence-corrected chi connectivity index (χ1v) is 8.07. The molecule has 0 aliphatic rings. The fourth-order valence-corrected chi connectivity index (χ4v) is 3.05. The Morgan fingerprint density at radius 1 is 1.40 bits per heavy atom. The number of rotatable bonds is 6. The van der Waals surface area contributed by atoms with Crippen LogP contribution in [0.2, 0.25) is 0 Å². The van der Waals surface area contributed by atoms with E-state index < -0.39 is 0 Å². The van der Waals surface area contributed by atoms with Crippen molar-refractivity contribution in [3.8, 4) is 0 Å². The van der Waals surface area contributed by atoms with Gasteiger partial charge in [-0.25, -0.2) is 4.79 Å². The van der Waals surface area contributed by atoms with Crippen LogP contribution in [0.25, 0.3) is 0 Å². The highest BCUT2D eigenvalue weighted by atomic mass is 32.2. The van der Waals surface area contributed by atoms with Crippen LogP contribution in [0.3, 0.4) is 0 Å². The number of nitrogens with zero attached hydrogens (tertiary/aromatic N) is 1. The lowest BCUT2D eigenvalue weighted by molar-refractivity contribution is 0.0523. The van der Waals surface area contributed by atoms with Crippen molar-refractivity contribution in [1.29, 1.82) is 0 Å². The number of hydrogen-bond donors (Lipinski definition) is 0. The van der Waals surface area contributed by atoms with Crippen molar-refractivity contribution < 1.29 is 9.53 Å². The van der Waals surface area contributed by atoms with Crippen molar-refractivity contribution in [2.45, 2.75) is 40.7 Å². The molecule has 0 saturated carbocycles. The van der Waals surface area contributed by atoms with Gasteiger partial charge in [0, 0.05) is 23.6 Å². The second-order valence-electron chi connectivity index (χ2n) is 4.72. The van der Waals surface area contributed by atoms with Gasteiger partial charge >= 0.3 is 5.97 Å². The molecule has 0 aliphatic heterocycles. The van der Waals surface area contributed by atoms with E-state index in [0.717, 1.165) is 11.5 Å². The van der Waals surface area contributed by atoms with Gasteiger partial charge in [-0.1, -0.05) is 6.92 Å². The molecular weight excluding hydrogens is 274 g/mol. The van der Waals surface area contributed by atoms with Crippen LogP contribution in [0.15, 0.2) is 10.9 Å². The number of carbonyl (C=O) groups is 1. The summed E-state index contributed by atoms with van der Waals surface area (Å²) in [5, 5.41) is 0. The van der Waals surface area contributed by atoms with E-state index in [9.17, 15) is 9.59 Å². The minimum absolute atomic E-state index is 0.0567. The quantitative estimate of drug-likeness (QED) is 0.757. The van der Waals surface area contributed by atoms with E-state index in [2.05, 4.69) is 6.92 Å². The normalized spacial score (nSPS) is 12.2. The minimum atomic E-state index is -0.355. The van der Waals surface area contributed by atoms with Crippen LogP contribution in [0.5, 0.6) is 0 Å². The molecule has 1 aromatic heterocycles. The van der Waals surface area contributed by atoms with Gasteiger partial charge < -0.3 is 9.30 Å². The summed E-state index contributed by atoms with van der Waals surface area (Å²) in [7, 11) is 0. The molecular formula is C15H23NO3S. The molecule has 1 rings (SSSR count). The van der Waals surface area contributed by atoms with Crippen LogP contribution in [0, 0.1) is 13.8 Å². The average Bonchev–Trinajstić information content (AvgIpc) is 2.35. The Morgan fingerprint density at radius 3 is 2.60 bits per heavy atom. The van der Waals surface area contributed by atoms with E-state index in [-0.39, 0.29) is 17.6 Å². The van der Waals surface area contributed by atoms with E-state index in [1.165, 1.54) is 6.07 Å². The molecule has 20 heavy (non-hydrogen) atoms. The first-order chi connectivity index (χ1) is 9.43. The van der Waals surface area contributed by atoms with Crippen LogP contribution in [-0.2, 0) is 4.74 Å². The zero-order valence-electron chi connectivity index (χ0n) is 12.9. The summed E-state index contributed by atoms with van der Waals surface area (Å²) in [6.45, 7) is 9.79. The molecule has 0 fully saturated rings. The third-order valence-corrected chi connectivity index (χ3v) is 4.30. The number of esters is 1. The second-order valence-corrected chi connectivity index (χ2v) is 6.04. The number of ether oxygens (including phenoxy) is 1. The van der Waals surface area contributed by atoms with E-state index in [1.54, 1.807) is 30.2 Å². The average molecular weight is 297 g/mol. The highest BCUT2D eigenvalue weighted by Crippen LogP contribution is 2.19. The summed E-state index contributed by atoms with van der Waals surface area (Å²) < 4.78 is 6.78. The largest absolute Gasteiger partial charge is 0.462 e. The molecule has 0 radical (unpaired) electrons. The standard InChI is InChI=1S/C15H23NO3S/c1-6-19-15(18)14-10(3)8-13(17)16(12(14)5)11(4)9-20-7-2/h8,11H,6-7,9H2,1-5H3. The summed E-state index contributed by atoms with van der Waals surface area (Å²) in [6.07, 6.45) is 0. The highest BCUT2D eigenvalue weighted by Gasteiger charge is 2.20. The lowest BCUT2D eigenvalue weighted by atomic mass is 10.1. The smallest absolute Gasteiger partial charge is 0.340 e. The highest BCUT2D eigenvalue weighted by molar-refractivity contribution is 7.99. The van der Waals surface area contributed by atoms with E-state index in [0.29, 0.717) is 23.4 Å². The van der Waals surface area contributed by atoms with Crippen LogP contribution in [0.1, 0.15) is 48.4 Å². The Balaban J connectivity index is 3.29. The Morgan fingerprint density at radius 2 is 2.05 bits per heavy atom. The number of carbonyl (C=O) groups excluding carboxylic acids is 1. The summed E-state index contributed by atoms with van der Waals surface area (Å²) >= 11 is 1.78. The van der Waals surface area contributed by atoms with Gasteiger partial charge in [-0.05, 0) is 39.0 Å². The molecule has 0 spiro atoms. The first kappa shape index (κ1) is 16.8. The van der Waals surface area contributed by atoms with Crippen LogP contribution in [-0.4, -0.2) is 28.6 Å². The van der Waals surface area contributed by atoms with E-state index in [4.69, 9.17) is 4.74 Å². The zero-order valence-corrected chi connectivity index (χ0v) is 13.7. The van der Waals surface area contributed by atoms with E-state index >= 15 is 0 Å². The van der Waals surface area contributed by atoms with Gasteiger partial charge in [0.05, 0.1) is 12.2 Å². The number of pyridine rings is 1. The lowest BCUT2D eigenvalue weighted by Gasteiger charge is -2.20. The predicted octanol–water partition coefficient (Wildman–Crippen LogP) is 2.96. The zero-order chi connectivity index (χ0) is 15.3. The van der Waals surface area contributed by atoms with Gasteiger partial charge in [0.15, 0.2) is 0 Å². The van der Waals surface area contributed by atoms with Gasteiger partial charge in [0.2, 0.25) is 0 Å². The number of aryl methyl sites for hydroxylation is 1. The maximum absolute atomic E-state index is 12.2. The van der Waals surface area contributed by atoms with Gasteiger partial charge in [-0.3, -0.25) is 4.79 Å². The molecule has 112 valence electrons. The Bertz CT molecular complexity index is 537. The van der Waals surface area contributed by atoms with Crippen molar-refractivity contribution in [1.82, 2.24) is 4.57 Å². The molecule has 0 N–H and O–H groups in total. The molecule has 0 aliphatic carbocycles. The molecule has 4 nitrogen and oxygen atoms in total. The van der Waals surface area contributed by atoms with Gasteiger partial charge in [-0.15, -0.1) is 0 Å². The summed E-state index contributed by atoms with van der Waals surface area (Å²) in [6, 6.07) is 1.58. The van der Waals surface area contributed by atoms with Crippen molar-refractivity contribution in [2.75, 3.05) is 18.1 Å². The molecule has 1 aromatic rings. The van der Waals surface area contributed by atoms with Crippen LogP contribution in [0.4, 0.5) is 0 Å². The fourth-order valence-electron chi connectivity index (χ4n) is 2.32. The molecule has 5 heteroatoms. The third kappa shape index (κ3) is 3.66. The lowest BCUT2D eigenvalue weighted by Crippen LogP contribution is -2.29. The fraction of sp³-hybridized carbons (Fsp3) is 0.600. The van der Waals surface area contributed by atoms with Crippen molar-refractivity contribution >= 4 is 17.7 Å². The molecule has 1 heterocycles. The summed E-state index contributed by atoms with van der Waals surface area (Å²) in [4.78, 5) is 24.2. The summed E-state index contributed by atoms with van der Waals surface area (Å²) in [5.41, 5.74) is 1.83.